The van der Waals surface area contributed by atoms with Crippen molar-refractivity contribution < 1.29 is 14.7 Å². The molecule has 28 heavy (non-hydrogen) atoms. The summed E-state index contributed by atoms with van der Waals surface area (Å²) in [5, 5.41) is 12.9. The van der Waals surface area contributed by atoms with Crippen molar-refractivity contribution in [2.24, 2.45) is 0 Å². The van der Waals surface area contributed by atoms with Crippen molar-refractivity contribution in [2.45, 2.75) is 51.6 Å². The van der Waals surface area contributed by atoms with Gasteiger partial charge in [0.1, 0.15) is 0 Å². The summed E-state index contributed by atoms with van der Waals surface area (Å²) in [7, 11) is 1.77. The summed E-state index contributed by atoms with van der Waals surface area (Å²) in [6.45, 7) is 6.74. The Balaban J connectivity index is 2.28. The van der Waals surface area contributed by atoms with Crippen molar-refractivity contribution in [2.75, 3.05) is 26.7 Å². The number of carbonyl (C=O) groups excluding carboxylic acids is 2. The summed E-state index contributed by atoms with van der Waals surface area (Å²) < 4.78 is 0. The first kappa shape index (κ1) is 22.0. The van der Waals surface area contributed by atoms with Crippen molar-refractivity contribution in [1.82, 2.24) is 15.1 Å². The quantitative estimate of drug-likeness (QED) is 0.720. The van der Waals surface area contributed by atoms with Crippen molar-refractivity contribution in [1.29, 1.82) is 0 Å². The van der Waals surface area contributed by atoms with Crippen LogP contribution in [-0.4, -0.2) is 65.7 Å². The average Bonchev–Trinajstić information content (AvgIpc) is 2.69. The maximum absolute atomic E-state index is 12.7. The number of urea groups is 1. The Hall–Kier alpha value is -2.34. The second kappa shape index (κ2) is 10.3. The fourth-order valence-corrected chi connectivity index (χ4v) is 3.89. The van der Waals surface area contributed by atoms with Crippen LogP contribution in [-0.2, 0) is 4.79 Å². The molecule has 154 valence electrons. The third kappa shape index (κ3) is 4.73. The third-order valence-corrected chi connectivity index (χ3v) is 5.36. The van der Waals surface area contributed by atoms with Gasteiger partial charge in [-0.15, -0.1) is 0 Å². The largest absolute Gasteiger partial charge is 0.394 e. The first-order valence-corrected chi connectivity index (χ1v) is 10.1. The Morgan fingerprint density at radius 1 is 1.21 bits per heavy atom. The summed E-state index contributed by atoms with van der Waals surface area (Å²) in [5.74, 6) is 0.0349. The van der Waals surface area contributed by atoms with Gasteiger partial charge in [-0.05, 0) is 24.5 Å². The van der Waals surface area contributed by atoms with E-state index in [0.717, 1.165) is 17.5 Å². The number of aliphatic hydroxyl groups is 1. The number of hydrogen-bond donors (Lipinski definition) is 2. The summed E-state index contributed by atoms with van der Waals surface area (Å²) >= 11 is 0. The molecule has 0 aromatic heterocycles. The molecule has 6 heteroatoms. The van der Waals surface area contributed by atoms with Gasteiger partial charge >= 0.3 is 6.03 Å². The number of likely N-dealkylation sites (tertiary alicyclic amines) is 1. The molecule has 0 unspecified atom stereocenters. The SMILES string of the molecule is C/C=C/c1ccc([C@@H]2[C@@H](CO)N(C(=O)NCCC)[C@H]2CN(C)C(=O)CC)cc1. The normalized spacial score (nSPS) is 21.5. The van der Waals surface area contributed by atoms with E-state index in [9.17, 15) is 14.7 Å². The molecule has 1 heterocycles. The van der Waals surface area contributed by atoms with E-state index < -0.39 is 0 Å². The Bertz CT molecular complexity index is 687. The van der Waals surface area contributed by atoms with Gasteiger partial charge in [0.2, 0.25) is 5.91 Å². The monoisotopic (exact) mass is 387 g/mol. The molecule has 1 fully saturated rings. The Morgan fingerprint density at radius 3 is 2.43 bits per heavy atom. The van der Waals surface area contributed by atoms with Gasteiger partial charge in [-0.3, -0.25) is 4.79 Å². The third-order valence-electron chi connectivity index (χ3n) is 5.36. The maximum atomic E-state index is 12.7. The van der Waals surface area contributed by atoms with Gasteiger partial charge in [-0.1, -0.05) is 50.3 Å². The van der Waals surface area contributed by atoms with Crippen LogP contribution in [0.25, 0.3) is 6.08 Å². The van der Waals surface area contributed by atoms with Gasteiger partial charge in [0.15, 0.2) is 0 Å². The highest BCUT2D eigenvalue weighted by Crippen LogP contribution is 2.41. The molecule has 1 aromatic rings. The summed E-state index contributed by atoms with van der Waals surface area (Å²) in [6.07, 6.45) is 5.29. The van der Waals surface area contributed by atoms with E-state index >= 15 is 0 Å². The lowest BCUT2D eigenvalue weighted by atomic mass is 9.75. The van der Waals surface area contributed by atoms with Crippen LogP contribution in [0.4, 0.5) is 4.79 Å². The van der Waals surface area contributed by atoms with Gasteiger partial charge < -0.3 is 20.2 Å². The molecule has 0 saturated carbocycles. The zero-order chi connectivity index (χ0) is 20.7. The van der Waals surface area contributed by atoms with Crippen LogP contribution in [0.1, 0.15) is 50.7 Å². The molecule has 0 aliphatic carbocycles. The van der Waals surface area contributed by atoms with E-state index in [4.69, 9.17) is 0 Å². The highest BCUT2D eigenvalue weighted by atomic mass is 16.3. The first-order valence-electron chi connectivity index (χ1n) is 10.1. The zero-order valence-electron chi connectivity index (χ0n) is 17.4. The second-order valence-electron chi connectivity index (χ2n) is 7.28. The van der Waals surface area contributed by atoms with Gasteiger partial charge in [0, 0.05) is 32.5 Å². The fourth-order valence-electron chi connectivity index (χ4n) is 3.89. The molecule has 1 saturated heterocycles. The minimum Gasteiger partial charge on any atom is -0.394 e. The number of allylic oxidation sites excluding steroid dienone is 1. The number of likely N-dealkylation sites (N-methyl/N-ethyl adjacent to an activating group) is 1. The molecule has 1 aliphatic rings. The number of benzene rings is 1. The predicted octanol–water partition coefficient (Wildman–Crippen LogP) is 2.84. The van der Waals surface area contributed by atoms with Crippen LogP contribution >= 0.6 is 0 Å². The minimum atomic E-state index is -0.292. The molecule has 2 rings (SSSR count). The molecule has 6 nitrogen and oxygen atoms in total. The van der Waals surface area contributed by atoms with Gasteiger partial charge in [0.05, 0.1) is 18.7 Å². The molecular weight excluding hydrogens is 354 g/mol. The van der Waals surface area contributed by atoms with Gasteiger partial charge in [0.25, 0.3) is 0 Å². The summed E-state index contributed by atoms with van der Waals surface area (Å²) in [5.41, 5.74) is 2.19. The zero-order valence-corrected chi connectivity index (χ0v) is 17.4. The van der Waals surface area contributed by atoms with E-state index in [1.165, 1.54) is 0 Å². The number of nitrogens with zero attached hydrogens (tertiary/aromatic N) is 2. The molecule has 1 aromatic carbocycles. The molecule has 2 N–H and O–H groups in total. The van der Waals surface area contributed by atoms with E-state index in [1.54, 1.807) is 16.8 Å². The topological polar surface area (TPSA) is 72.9 Å². The number of carbonyl (C=O) groups is 2. The fraction of sp³-hybridized carbons (Fsp3) is 0.545. The van der Waals surface area contributed by atoms with Crippen LogP contribution in [0.3, 0.4) is 0 Å². The first-order chi connectivity index (χ1) is 13.5. The number of hydrogen-bond acceptors (Lipinski definition) is 3. The van der Waals surface area contributed by atoms with E-state index in [-0.39, 0.29) is 36.5 Å². The van der Waals surface area contributed by atoms with Gasteiger partial charge in [-0.25, -0.2) is 4.79 Å². The Labute approximate surface area is 168 Å². The Kier molecular flexibility index (Phi) is 8.05. The highest BCUT2D eigenvalue weighted by molar-refractivity contribution is 5.78. The number of nitrogens with one attached hydrogen (secondary N) is 1. The van der Waals surface area contributed by atoms with Crippen LogP contribution < -0.4 is 5.32 Å². The van der Waals surface area contributed by atoms with Crippen molar-refractivity contribution in [3.05, 3.63) is 41.5 Å². The van der Waals surface area contributed by atoms with Crippen LogP contribution in [0.2, 0.25) is 0 Å². The molecule has 0 radical (unpaired) electrons. The number of aliphatic hydroxyl groups excluding tert-OH is 1. The average molecular weight is 388 g/mol. The number of rotatable bonds is 8. The van der Waals surface area contributed by atoms with E-state index in [2.05, 4.69) is 17.4 Å². The smallest absolute Gasteiger partial charge is 0.318 e. The van der Waals surface area contributed by atoms with Crippen molar-refractivity contribution in [3.63, 3.8) is 0 Å². The number of amides is 3. The van der Waals surface area contributed by atoms with E-state index in [0.29, 0.717) is 19.5 Å². The van der Waals surface area contributed by atoms with Crippen molar-refractivity contribution in [3.8, 4) is 0 Å². The molecule has 1 aliphatic heterocycles. The summed E-state index contributed by atoms with van der Waals surface area (Å²) in [6, 6.07) is 7.56. The lowest BCUT2D eigenvalue weighted by molar-refractivity contribution is -0.131. The van der Waals surface area contributed by atoms with E-state index in [1.807, 2.05) is 45.1 Å². The lowest BCUT2D eigenvalue weighted by Crippen LogP contribution is -2.70. The highest BCUT2D eigenvalue weighted by Gasteiger charge is 2.51. The molecular formula is C22H33N3O3. The molecule has 0 spiro atoms. The minimum absolute atomic E-state index is 0.0101. The lowest BCUT2D eigenvalue weighted by Gasteiger charge is -2.55. The molecule has 3 atom stereocenters. The maximum Gasteiger partial charge on any atom is 0.318 e. The predicted molar refractivity (Wildman–Crippen MR) is 112 cm³/mol. The second-order valence-corrected chi connectivity index (χ2v) is 7.28. The standard InChI is InChI=1S/C22H33N3O3/c1-5-8-16-9-11-17(12-10-16)21-18(14-24(4)20(27)7-3)25(19(21)15-26)22(28)23-13-6-2/h5,8-12,18-19,21,26H,6-7,13-15H2,1-4H3,(H,23,28)/b8-5+/t18-,19+,21-/m0/s1. The Morgan fingerprint density at radius 2 is 1.89 bits per heavy atom. The van der Waals surface area contributed by atoms with Crippen LogP contribution in [0.5, 0.6) is 0 Å². The molecule has 0 bridgehead atoms. The van der Waals surface area contributed by atoms with Crippen molar-refractivity contribution >= 4 is 18.0 Å². The van der Waals surface area contributed by atoms with Gasteiger partial charge in [-0.2, -0.15) is 0 Å². The van der Waals surface area contributed by atoms with Crippen LogP contribution in [0, 0.1) is 0 Å². The summed E-state index contributed by atoms with van der Waals surface area (Å²) in [4.78, 5) is 28.2. The molecule has 3 amide bonds. The van der Waals surface area contributed by atoms with Crippen LogP contribution in [0.15, 0.2) is 30.3 Å².